The maximum atomic E-state index is 15.4. The number of hydrogen-bond acceptors (Lipinski definition) is 2. The minimum Gasteiger partial charge on any atom is -0.432 e. The van der Waals surface area contributed by atoms with E-state index in [1.54, 1.807) is 6.07 Å². The number of alkyl halides is 5. The molecule has 2 nitrogen and oxygen atoms in total. The Kier molecular flexibility index (Phi) is 12.7. The lowest BCUT2D eigenvalue weighted by atomic mass is 9.68. The predicted octanol–water partition coefficient (Wildman–Crippen LogP) is 13.2. The zero-order valence-corrected chi connectivity index (χ0v) is 28.1. The third-order valence-electron chi connectivity index (χ3n) is 11.6. The monoisotopic (exact) mass is 684 g/mol. The molecule has 0 atom stereocenters. The molecule has 0 N–H and O–H groups in total. The summed E-state index contributed by atoms with van der Waals surface area (Å²) in [7, 11) is 0. The van der Waals surface area contributed by atoms with Crippen molar-refractivity contribution in [2.75, 3.05) is 0 Å². The largest absolute Gasteiger partial charge is 0.573 e. The fourth-order valence-corrected chi connectivity index (χ4v) is 8.77. The molecule has 268 valence electrons. The normalized spacial score (nSPS) is 27.1. The molecule has 0 unspecified atom stereocenters. The lowest BCUT2D eigenvalue weighted by Crippen LogP contribution is -2.38. The van der Waals surface area contributed by atoms with Crippen LogP contribution in [0.1, 0.15) is 145 Å². The van der Waals surface area contributed by atoms with Gasteiger partial charge in [-0.1, -0.05) is 57.6 Å². The molecule has 2 aromatic rings. The van der Waals surface area contributed by atoms with Crippen molar-refractivity contribution in [3.8, 4) is 11.5 Å². The van der Waals surface area contributed by atoms with Crippen molar-refractivity contribution in [2.45, 2.75) is 147 Å². The van der Waals surface area contributed by atoms with Gasteiger partial charge < -0.3 is 9.47 Å². The first-order chi connectivity index (χ1) is 22.9. The number of halogens is 7. The standard InChI is InChI=1S/C39H51F7O2/c1-2-3-4-5-6-7-26-8-10-29(11-9-26)31-18-22-34(35(40)24-31)30-14-12-27(13-15-30)28-16-19-32(20-17-28)38(42,43)47-33-21-23-37(36(41)25-33)48-39(44,45)46/h18,21-30,32H,2-17,19-20H2,1H3. The summed E-state index contributed by atoms with van der Waals surface area (Å²) < 4.78 is 105. The Bertz CT molecular complexity index is 1290. The quantitative estimate of drug-likeness (QED) is 0.154. The van der Waals surface area contributed by atoms with Crippen LogP contribution in [0.5, 0.6) is 11.5 Å². The molecule has 5 rings (SSSR count). The molecular weight excluding hydrogens is 633 g/mol. The molecule has 2 aromatic carbocycles. The van der Waals surface area contributed by atoms with Crippen LogP contribution in [0.4, 0.5) is 30.7 Å². The molecule has 3 saturated carbocycles. The van der Waals surface area contributed by atoms with Crippen molar-refractivity contribution < 1.29 is 40.2 Å². The van der Waals surface area contributed by atoms with Gasteiger partial charge in [-0.2, -0.15) is 8.78 Å². The van der Waals surface area contributed by atoms with Crippen molar-refractivity contribution in [1.82, 2.24) is 0 Å². The number of unbranched alkanes of at least 4 members (excludes halogenated alkanes) is 4. The summed E-state index contributed by atoms with van der Waals surface area (Å²) >= 11 is 0. The Hall–Kier alpha value is -2.45. The van der Waals surface area contributed by atoms with Gasteiger partial charge in [0.15, 0.2) is 11.6 Å². The van der Waals surface area contributed by atoms with Crippen molar-refractivity contribution in [1.29, 1.82) is 0 Å². The van der Waals surface area contributed by atoms with Gasteiger partial charge in [-0.15, -0.1) is 13.2 Å². The van der Waals surface area contributed by atoms with Crippen LogP contribution in [0.25, 0.3) is 0 Å². The third-order valence-corrected chi connectivity index (χ3v) is 11.6. The molecule has 3 aliphatic carbocycles. The number of ether oxygens (including phenoxy) is 2. The topological polar surface area (TPSA) is 18.5 Å². The second-order valence-electron chi connectivity index (χ2n) is 14.7. The second kappa shape index (κ2) is 16.5. The van der Waals surface area contributed by atoms with Gasteiger partial charge in [0.25, 0.3) is 0 Å². The Labute approximate surface area is 281 Å². The first kappa shape index (κ1) is 36.8. The summed E-state index contributed by atoms with van der Waals surface area (Å²) in [5.74, 6) is -2.07. The Morgan fingerprint density at radius 3 is 1.85 bits per heavy atom. The highest BCUT2D eigenvalue weighted by Gasteiger charge is 2.45. The van der Waals surface area contributed by atoms with Gasteiger partial charge in [0.2, 0.25) is 0 Å². The van der Waals surface area contributed by atoms with E-state index < -0.39 is 35.7 Å². The fourth-order valence-electron chi connectivity index (χ4n) is 8.77. The maximum Gasteiger partial charge on any atom is 0.573 e. The van der Waals surface area contributed by atoms with Crippen molar-refractivity contribution in [3.05, 3.63) is 59.2 Å². The van der Waals surface area contributed by atoms with Crippen LogP contribution in [-0.2, 0) is 0 Å². The highest BCUT2D eigenvalue weighted by atomic mass is 19.4. The molecule has 0 radical (unpaired) electrons. The van der Waals surface area contributed by atoms with Gasteiger partial charge in [-0.25, -0.2) is 8.78 Å². The highest BCUT2D eigenvalue weighted by Crippen LogP contribution is 2.48. The molecule has 0 saturated heterocycles. The highest BCUT2D eigenvalue weighted by molar-refractivity contribution is 5.33. The van der Waals surface area contributed by atoms with Crippen LogP contribution in [0.3, 0.4) is 0 Å². The van der Waals surface area contributed by atoms with E-state index in [9.17, 15) is 26.3 Å². The molecule has 0 spiro atoms. The van der Waals surface area contributed by atoms with E-state index in [1.807, 2.05) is 6.07 Å². The smallest absolute Gasteiger partial charge is 0.432 e. The van der Waals surface area contributed by atoms with Crippen LogP contribution < -0.4 is 9.47 Å². The van der Waals surface area contributed by atoms with Gasteiger partial charge >= 0.3 is 12.5 Å². The number of benzene rings is 2. The number of hydrogen-bond donors (Lipinski definition) is 0. The van der Waals surface area contributed by atoms with Gasteiger partial charge in [0.05, 0.1) is 5.92 Å². The average molecular weight is 685 g/mol. The fraction of sp³-hybridized carbons (Fsp3) is 0.692. The molecule has 0 heterocycles. The molecular formula is C39H51F7O2. The minimum absolute atomic E-state index is 0.0841. The van der Waals surface area contributed by atoms with Crippen LogP contribution in [0.15, 0.2) is 36.4 Å². The van der Waals surface area contributed by atoms with Gasteiger partial charge in [0, 0.05) is 6.07 Å². The molecule has 3 aliphatic rings. The molecule has 0 aromatic heterocycles. The van der Waals surface area contributed by atoms with E-state index in [0.29, 0.717) is 42.7 Å². The van der Waals surface area contributed by atoms with Crippen LogP contribution in [0, 0.1) is 35.3 Å². The summed E-state index contributed by atoms with van der Waals surface area (Å²) in [4.78, 5) is 0. The SMILES string of the molecule is CCCCCCCC1CCC(c2ccc(C3CCC(C4CCC(C(F)(F)Oc5ccc(OC(F)(F)F)c(F)c5)CC4)CC3)c(F)c2)CC1. The lowest BCUT2D eigenvalue weighted by Gasteiger charge is -2.39. The third kappa shape index (κ3) is 10.1. The van der Waals surface area contributed by atoms with Gasteiger partial charge in [0.1, 0.15) is 11.6 Å². The van der Waals surface area contributed by atoms with Crippen molar-refractivity contribution >= 4 is 0 Å². The maximum absolute atomic E-state index is 15.4. The molecule has 0 amide bonds. The van der Waals surface area contributed by atoms with E-state index in [4.69, 9.17) is 4.74 Å². The Morgan fingerprint density at radius 2 is 1.25 bits per heavy atom. The van der Waals surface area contributed by atoms with Crippen LogP contribution in [-0.4, -0.2) is 12.5 Å². The average Bonchev–Trinajstić information content (AvgIpc) is 3.06. The molecule has 0 aliphatic heterocycles. The Balaban J connectivity index is 1.04. The zero-order chi connectivity index (χ0) is 34.3. The van der Waals surface area contributed by atoms with Crippen molar-refractivity contribution in [2.24, 2.45) is 23.7 Å². The summed E-state index contributed by atoms with van der Waals surface area (Å²) in [6.07, 6.45) is 9.49. The summed E-state index contributed by atoms with van der Waals surface area (Å²) in [5.41, 5.74) is 1.95. The number of rotatable bonds is 13. The summed E-state index contributed by atoms with van der Waals surface area (Å²) in [6.45, 7) is 2.25. The molecule has 48 heavy (non-hydrogen) atoms. The van der Waals surface area contributed by atoms with Crippen LogP contribution >= 0.6 is 0 Å². The molecule has 9 heteroatoms. The van der Waals surface area contributed by atoms with Crippen molar-refractivity contribution in [3.63, 3.8) is 0 Å². The zero-order valence-electron chi connectivity index (χ0n) is 28.1. The molecule has 0 bridgehead atoms. The van der Waals surface area contributed by atoms with Gasteiger partial charge in [-0.3, -0.25) is 0 Å². The van der Waals surface area contributed by atoms with E-state index in [-0.39, 0.29) is 24.6 Å². The first-order valence-electron chi connectivity index (χ1n) is 18.3. The van der Waals surface area contributed by atoms with E-state index in [2.05, 4.69) is 17.7 Å². The van der Waals surface area contributed by atoms with Crippen LogP contribution in [0.2, 0.25) is 0 Å². The first-order valence-corrected chi connectivity index (χ1v) is 18.3. The lowest BCUT2D eigenvalue weighted by molar-refractivity contribution is -0.275. The summed E-state index contributed by atoms with van der Waals surface area (Å²) in [6, 6.07) is 7.93. The predicted molar refractivity (Wildman–Crippen MR) is 173 cm³/mol. The minimum atomic E-state index is -5.10. The second-order valence-corrected chi connectivity index (χ2v) is 14.7. The van der Waals surface area contributed by atoms with E-state index in [0.717, 1.165) is 61.6 Å². The summed E-state index contributed by atoms with van der Waals surface area (Å²) in [5, 5.41) is 0. The molecule has 3 fully saturated rings. The Morgan fingerprint density at radius 1 is 0.625 bits per heavy atom. The van der Waals surface area contributed by atoms with E-state index >= 15 is 4.39 Å². The van der Waals surface area contributed by atoms with Gasteiger partial charge in [-0.05, 0) is 136 Å². The van der Waals surface area contributed by atoms with E-state index in [1.165, 1.54) is 51.4 Å².